The van der Waals surface area contributed by atoms with E-state index in [4.69, 9.17) is 9.84 Å². The van der Waals surface area contributed by atoms with Crippen LogP contribution in [0.4, 0.5) is 16.2 Å². The van der Waals surface area contributed by atoms with Crippen LogP contribution >= 0.6 is 0 Å². The number of hydrogen-bond donors (Lipinski definition) is 3. The number of rotatable bonds is 10. The van der Waals surface area contributed by atoms with Gasteiger partial charge in [-0.1, -0.05) is 30.3 Å². The van der Waals surface area contributed by atoms with E-state index in [9.17, 15) is 14.9 Å². The predicted molar refractivity (Wildman–Crippen MR) is 113 cm³/mol. The number of amides is 1. The van der Waals surface area contributed by atoms with Crippen molar-refractivity contribution < 1.29 is 19.6 Å². The Morgan fingerprint density at radius 2 is 1.90 bits per heavy atom. The van der Waals surface area contributed by atoms with Crippen LogP contribution in [0.5, 0.6) is 5.75 Å². The molecule has 0 atom stereocenters. The quantitative estimate of drug-likeness (QED) is 0.260. The molecule has 0 aliphatic heterocycles. The molecule has 156 valence electrons. The van der Waals surface area contributed by atoms with Crippen molar-refractivity contribution in [3.05, 3.63) is 70.4 Å². The average Bonchev–Trinajstić information content (AvgIpc) is 2.74. The van der Waals surface area contributed by atoms with E-state index >= 15 is 0 Å². The zero-order valence-electron chi connectivity index (χ0n) is 16.2. The maximum absolute atomic E-state index is 11.5. The van der Waals surface area contributed by atoms with Crippen LogP contribution in [-0.2, 0) is 6.61 Å². The van der Waals surface area contributed by atoms with Crippen molar-refractivity contribution in [3.63, 3.8) is 0 Å². The van der Waals surface area contributed by atoms with Crippen LogP contribution in [0.25, 0.3) is 10.9 Å². The Morgan fingerprint density at radius 3 is 2.63 bits per heavy atom. The SMILES string of the molecule is O=C(O)NCCCCNc1c([N+](=O)[O-])cnc2ccc(OCc3ccccc3)cc12. The highest BCUT2D eigenvalue weighted by molar-refractivity contribution is 5.96. The molecule has 9 nitrogen and oxygen atoms in total. The minimum absolute atomic E-state index is 0.119. The van der Waals surface area contributed by atoms with Crippen molar-refractivity contribution in [1.29, 1.82) is 0 Å². The van der Waals surface area contributed by atoms with Crippen LogP contribution in [0.15, 0.2) is 54.7 Å². The van der Waals surface area contributed by atoms with Gasteiger partial charge in [0.2, 0.25) is 0 Å². The molecule has 0 saturated carbocycles. The Kier molecular flexibility index (Phi) is 6.99. The Labute approximate surface area is 172 Å². The Morgan fingerprint density at radius 1 is 1.13 bits per heavy atom. The average molecular weight is 410 g/mol. The molecule has 0 bridgehead atoms. The van der Waals surface area contributed by atoms with Gasteiger partial charge >= 0.3 is 11.8 Å². The molecular formula is C21H22N4O5. The van der Waals surface area contributed by atoms with E-state index < -0.39 is 11.0 Å². The first-order valence-electron chi connectivity index (χ1n) is 9.49. The van der Waals surface area contributed by atoms with Crippen molar-refractivity contribution in [1.82, 2.24) is 10.3 Å². The molecule has 0 radical (unpaired) electrons. The number of nitro groups is 1. The lowest BCUT2D eigenvalue weighted by molar-refractivity contribution is -0.384. The fourth-order valence-electron chi connectivity index (χ4n) is 2.97. The molecule has 0 unspecified atom stereocenters. The van der Waals surface area contributed by atoms with E-state index in [-0.39, 0.29) is 5.69 Å². The number of benzene rings is 2. The Bertz CT molecular complexity index is 1030. The van der Waals surface area contributed by atoms with Gasteiger partial charge in [0.05, 0.1) is 10.4 Å². The molecule has 0 saturated heterocycles. The molecule has 30 heavy (non-hydrogen) atoms. The second kappa shape index (κ2) is 10.1. The van der Waals surface area contributed by atoms with Gasteiger partial charge in [0, 0.05) is 18.5 Å². The third-order valence-corrected chi connectivity index (χ3v) is 4.45. The fourth-order valence-corrected chi connectivity index (χ4v) is 2.97. The molecule has 9 heteroatoms. The fraction of sp³-hybridized carbons (Fsp3) is 0.238. The summed E-state index contributed by atoms with van der Waals surface area (Å²) in [6.07, 6.45) is 1.43. The molecule has 0 aliphatic carbocycles. The molecule has 1 aromatic heterocycles. The first-order valence-corrected chi connectivity index (χ1v) is 9.49. The van der Waals surface area contributed by atoms with Crippen molar-refractivity contribution in [3.8, 4) is 5.75 Å². The number of unbranched alkanes of at least 4 members (excludes halogenated alkanes) is 1. The number of nitrogens with one attached hydrogen (secondary N) is 2. The first-order chi connectivity index (χ1) is 14.5. The molecule has 1 heterocycles. The van der Waals surface area contributed by atoms with Gasteiger partial charge in [-0.2, -0.15) is 0 Å². The molecule has 3 rings (SSSR count). The van der Waals surface area contributed by atoms with E-state index in [2.05, 4.69) is 15.6 Å². The second-order valence-corrected chi connectivity index (χ2v) is 6.59. The van der Waals surface area contributed by atoms with Crippen LogP contribution in [0.1, 0.15) is 18.4 Å². The molecule has 0 fully saturated rings. The summed E-state index contributed by atoms with van der Waals surface area (Å²) in [6, 6.07) is 15.0. The summed E-state index contributed by atoms with van der Waals surface area (Å²) in [4.78, 5) is 25.7. The van der Waals surface area contributed by atoms with Gasteiger partial charge in [0.1, 0.15) is 24.2 Å². The Balaban J connectivity index is 1.76. The smallest absolute Gasteiger partial charge is 0.404 e. The number of hydrogen-bond acceptors (Lipinski definition) is 6. The van der Waals surface area contributed by atoms with Crippen molar-refractivity contribution in [2.75, 3.05) is 18.4 Å². The summed E-state index contributed by atoms with van der Waals surface area (Å²) in [5, 5.41) is 26.1. The van der Waals surface area contributed by atoms with Gasteiger partial charge in [0.25, 0.3) is 0 Å². The number of nitrogens with zero attached hydrogens (tertiary/aromatic N) is 2. The number of fused-ring (bicyclic) bond motifs is 1. The monoisotopic (exact) mass is 410 g/mol. The second-order valence-electron chi connectivity index (χ2n) is 6.59. The number of carbonyl (C=O) groups is 1. The van der Waals surface area contributed by atoms with Gasteiger partial charge in [-0.3, -0.25) is 10.1 Å². The molecule has 1 amide bonds. The standard InChI is InChI=1S/C21H22N4O5/c26-21(27)23-11-5-4-10-22-20-17-12-16(30-14-15-6-2-1-3-7-15)8-9-18(17)24-13-19(20)25(28)29/h1-3,6-9,12-13,23H,4-5,10-11,14H2,(H,22,24)(H,26,27). The first kappa shape index (κ1) is 20.8. The lowest BCUT2D eigenvalue weighted by Crippen LogP contribution is -2.22. The molecule has 0 aliphatic rings. The Hall–Kier alpha value is -3.88. The molecule has 2 aromatic carbocycles. The number of anilines is 1. The van der Waals surface area contributed by atoms with Crippen molar-refractivity contribution >= 4 is 28.4 Å². The van der Waals surface area contributed by atoms with Crippen LogP contribution in [0.3, 0.4) is 0 Å². The summed E-state index contributed by atoms with van der Waals surface area (Å²) >= 11 is 0. The molecular weight excluding hydrogens is 388 g/mol. The zero-order valence-corrected chi connectivity index (χ0v) is 16.2. The maximum Gasteiger partial charge on any atom is 0.404 e. The van der Waals surface area contributed by atoms with E-state index in [1.54, 1.807) is 18.2 Å². The van der Waals surface area contributed by atoms with Crippen LogP contribution < -0.4 is 15.4 Å². The lowest BCUT2D eigenvalue weighted by Gasteiger charge is -2.12. The van der Waals surface area contributed by atoms with Crippen molar-refractivity contribution in [2.24, 2.45) is 0 Å². The van der Waals surface area contributed by atoms with Crippen LogP contribution in [0, 0.1) is 10.1 Å². The topological polar surface area (TPSA) is 127 Å². The summed E-state index contributed by atoms with van der Waals surface area (Å²) in [7, 11) is 0. The zero-order chi connectivity index (χ0) is 21.3. The highest BCUT2D eigenvalue weighted by atomic mass is 16.6. The predicted octanol–water partition coefficient (Wildman–Crippen LogP) is 4.18. The third-order valence-electron chi connectivity index (χ3n) is 4.45. The van der Waals surface area contributed by atoms with Crippen molar-refractivity contribution in [2.45, 2.75) is 19.4 Å². The number of ether oxygens (including phenoxy) is 1. The van der Waals surface area contributed by atoms with Gasteiger partial charge in [-0.15, -0.1) is 0 Å². The van der Waals surface area contributed by atoms with Gasteiger partial charge in [-0.25, -0.2) is 9.78 Å². The van der Waals surface area contributed by atoms with E-state index in [0.29, 0.717) is 54.9 Å². The van der Waals surface area contributed by atoms with Crippen LogP contribution in [-0.4, -0.2) is 34.2 Å². The largest absolute Gasteiger partial charge is 0.489 e. The summed E-state index contributed by atoms with van der Waals surface area (Å²) in [5.41, 5.74) is 1.89. The molecule has 0 spiro atoms. The molecule has 3 aromatic rings. The lowest BCUT2D eigenvalue weighted by atomic mass is 10.1. The number of pyridine rings is 1. The molecule has 3 N–H and O–H groups in total. The minimum Gasteiger partial charge on any atom is -0.489 e. The third kappa shape index (κ3) is 5.57. The number of aromatic nitrogens is 1. The summed E-state index contributed by atoms with van der Waals surface area (Å²) < 4.78 is 5.85. The number of carboxylic acid groups (broad SMARTS) is 1. The highest BCUT2D eigenvalue weighted by Gasteiger charge is 2.18. The van der Waals surface area contributed by atoms with E-state index in [1.165, 1.54) is 6.20 Å². The van der Waals surface area contributed by atoms with Gasteiger partial charge in [0.15, 0.2) is 0 Å². The normalized spacial score (nSPS) is 10.5. The summed E-state index contributed by atoms with van der Waals surface area (Å²) in [5.74, 6) is 0.586. The minimum atomic E-state index is -1.07. The van der Waals surface area contributed by atoms with E-state index in [1.807, 2.05) is 30.3 Å². The van der Waals surface area contributed by atoms with E-state index in [0.717, 1.165) is 5.56 Å². The highest BCUT2D eigenvalue weighted by Crippen LogP contribution is 2.33. The van der Waals surface area contributed by atoms with Gasteiger partial charge in [-0.05, 0) is 36.6 Å². The maximum atomic E-state index is 11.5. The van der Waals surface area contributed by atoms with Gasteiger partial charge < -0.3 is 20.5 Å². The van der Waals surface area contributed by atoms with Crippen LogP contribution in [0.2, 0.25) is 0 Å². The summed E-state index contributed by atoms with van der Waals surface area (Å²) in [6.45, 7) is 1.16.